The monoisotopic (exact) mass is 488 g/mol. The van der Waals surface area contributed by atoms with Crippen LogP contribution in [0.2, 0.25) is 0 Å². The Kier molecular flexibility index (Phi) is 7.53. The molecule has 0 fully saturated rings. The van der Waals surface area contributed by atoms with Crippen molar-refractivity contribution in [1.29, 1.82) is 0 Å². The lowest BCUT2D eigenvalue weighted by Crippen LogP contribution is -2.52. The number of nitrogens with two attached hydrogens (primary N) is 1. The molecule has 167 valence electrons. The van der Waals surface area contributed by atoms with Crippen molar-refractivity contribution >= 4 is 46.9 Å². The number of amides is 2. The number of aromatic nitrogens is 1. The van der Waals surface area contributed by atoms with E-state index in [0.717, 1.165) is 15.6 Å². The number of anilines is 1. The Bertz CT molecular complexity index is 1220. The van der Waals surface area contributed by atoms with E-state index in [9.17, 15) is 18.0 Å². The molecule has 9 nitrogen and oxygen atoms in total. The zero-order valence-electron chi connectivity index (χ0n) is 17.4. The maximum atomic E-state index is 12.7. The molecule has 0 saturated carbocycles. The van der Waals surface area contributed by atoms with Crippen LogP contribution in [0.1, 0.15) is 10.4 Å². The highest BCUT2D eigenvalue weighted by Gasteiger charge is 2.26. The van der Waals surface area contributed by atoms with Crippen molar-refractivity contribution in [1.82, 2.24) is 14.3 Å². The molecule has 1 heterocycles. The fraction of sp³-hybridized carbons (Fsp3) is 0.150. The first-order chi connectivity index (χ1) is 15.2. The maximum absolute atomic E-state index is 12.7. The van der Waals surface area contributed by atoms with Crippen LogP contribution in [0, 0.1) is 0 Å². The number of carbonyl (C=O) groups excluding carboxylic acids is 2. The summed E-state index contributed by atoms with van der Waals surface area (Å²) in [7, 11) is -3.07. The molecule has 0 aliphatic heterocycles. The van der Waals surface area contributed by atoms with Crippen molar-refractivity contribution in [3.63, 3.8) is 0 Å². The molecular weight excluding hydrogens is 466 g/mol. The van der Waals surface area contributed by atoms with Crippen LogP contribution in [0.5, 0.6) is 0 Å². The van der Waals surface area contributed by atoms with Crippen LogP contribution in [0.4, 0.5) is 9.93 Å². The topological polar surface area (TPSA) is 134 Å². The molecule has 0 bridgehead atoms. The van der Waals surface area contributed by atoms with Crippen LogP contribution < -0.4 is 16.0 Å². The molecule has 32 heavy (non-hydrogen) atoms. The predicted molar refractivity (Wildman–Crippen MR) is 126 cm³/mol. The summed E-state index contributed by atoms with van der Waals surface area (Å²) in [5, 5.41) is 4.94. The molecular formula is C20H22N5O4S2Si. The van der Waals surface area contributed by atoms with Gasteiger partial charge in [-0.15, -0.1) is 11.3 Å². The third-order valence-electron chi connectivity index (χ3n) is 4.41. The molecule has 2 amide bonds. The van der Waals surface area contributed by atoms with Gasteiger partial charge in [0.15, 0.2) is 5.13 Å². The van der Waals surface area contributed by atoms with E-state index in [1.807, 2.05) is 35.7 Å². The second-order valence-electron chi connectivity index (χ2n) is 6.81. The summed E-state index contributed by atoms with van der Waals surface area (Å²) in [5.41, 5.74) is 7.10. The van der Waals surface area contributed by atoms with E-state index in [-0.39, 0.29) is 16.6 Å². The average Bonchev–Trinajstić information content (AvgIpc) is 3.26. The van der Waals surface area contributed by atoms with Crippen LogP contribution in [0.3, 0.4) is 0 Å². The second-order valence-corrected chi connectivity index (χ2v) is 11.9. The van der Waals surface area contributed by atoms with Crippen LogP contribution >= 0.6 is 11.3 Å². The van der Waals surface area contributed by atoms with E-state index in [2.05, 4.69) is 15.3 Å². The fourth-order valence-corrected chi connectivity index (χ4v) is 5.51. The molecule has 0 aliphatic rings. The molecule has 4 N–H and O–H groups in total. The first kappa shape index (κ1) is 23.8. The summed E-state index contributed by atoms with van der Waals surface area (Å²) < 4.78 is 25.7. The van der Waals surface area contributed by atoms with Gasteiger partial charge in [0, 0.05) is 36.8 Å². The molecule has 2 aromatic carbocycles. The van der Waals surface area contributed by atoms with Crippen LogP contribution in [-0.2, 0) is 10.0 Å². The van der Waals surface area contributed by atoms with Gasteiger partial charge in [-0.3, -0.25) is 9.59 Å². The quantitative estimate of drug-likeness (QED) is 0.416. The lowest BCUT2D eigenvalue weighted by molar-refractivity contribution is 0.0978. The van der Waals surface area contributed by atoms with Gasteiger partial charge in [0.25, 0.3) is 8.96 Å². The highest BCUT2D eigenvalue weighted by molar-refractivity contribution is 7.89. The van der Waals surface area contributed by atoms with Crippen molar-refractivity contribution in [2.45, 2.75) is 4.90 Å². The molecule has 12 heteroatoms. The summed E-state index contributed by atoms with van der Waals surface area (Å²) in [6.45, 7) is 0. The van der Waals surface area contributed by atoms with Gasteiger partial charge in [0.05, 0.1) is 10.6 Å². The number of carbonyl (C=O) groups is 2. The molecule has 0 spiro atoms. The van der Waals surface area contributed by atoms with Gasteiger partial charge >= 0.3 is 0 Å². The highest BCUT2D eigenvalue weighted by Crippen LogP contribution is 2.24. The largest absolute Gasteiger partial charge is 0.369 e. The first-order valence-electron chi connectivity index (χ1n) is 9.44. The summed E-state index contributed by atoms with van der Waals surface area (Å²) >= 11 is 1.27. The van der Waals surface area contributed by atoms with Gasteiger partial charge in [0.2, 0.25) is 21.5 Å². The van der Waals surface area contributed by atoms with Gasteiger partial charge < -0.3 is 16.0 Å². The molecule has 0 saturated heterocycles. The van der Waals surface area contributed by atoms with E-state index >= 15 is 0 Å². The van der Waals surface area contributed by atoms with Gasteiger partial charge in [0.1, 0.15) is 0 Å². The highest BCUT2D eigenvalue weighted by atomic mass is 32.2. The first-order valence-corrected chi connectivity index (χ1v) is 13.5. The predicted octanol–water partition coefficient (Wildman–Crippen LogP) is 2.09. The van der Waals surface area contributed by atoms with Crippen molar-refractivity contribution in [2.24, 2.45) is 5.73 Å². The molecule has 1 radical (unpaired) electrons. The third kappa shape index (κ3) is 5.47. The molecule has 0 atom stereocenters. The number of hydrogen-bond acceptors (Lipinski definition) is 7. The Labute approximate surface area is 192 Å². The Morgan fingerprint density at radius 2 is 1.84 bits per heavy atom. The lowest BCUT2D eigenvalue weighted by atomic mass is 10.2. The minimum Gasteiger partial charge on any atom is -0.369 e. The number of sulfonamides is 1. The van der Waals surface area contributed by atoms with E-state index in [1.54, 1.807) is 0 Å². The van der Waals surface area contributed by atoms with Crippen molar-refractivity contribution in [3.05, 3.63) is 65.5 Å². The number of rotatable bonds is 8. The summed E-state index contributed by atoms with van der Waals surface area (Å²) in [5.74, 6) is -0.570. The van der Waals surface area contributed by atoms with Crippen molar-refractivity contribution in [2.75, 3.05) is 25.6 Å². The number of thiazole rings is 1. The second kappa shape index (κ2) is 10.1. The average molecular weight is 489 g/mol. The minimum atomic E-state index is -3.69. The SMILES string of the molecule is CN(C)S(=O)(=O)c1cccc(C(=O)N[Si](CN)C(=O)Nc2nc(-c3ccccc3)cs2)c1. The normalized spacial score (nSPS) is 11.5. The Morgan fingerprint density at radius 3 is 2.50 bits per heavy atom. The van der Waals surface area contributed by atoms with E-state index in [4.69, 9.17) is 5.73 Å². The number of benzene rings is 2. The Hall–Kier alpha value is -2.90. The maximum Gasteiger partial charge on any atom is 0.295 e. The van der Waals surface area contributed by atoms with E-state index in [1.165, 1.54) is 49.7 Å². The number of nitrogens with zero attached hydrogens (tertiary/aromatic N) is 2. The smallest absolute Gasteiger partial charge is 0.295 e. The number of hydrogen-bond donors (Lipinski definition) is 3. The fourth-order valence-electron chi connectivity index (χ4n) is 2.66. The zero-order valence-corrected chi connectivity index (χ0v) is 20.0. The van der Waals surface area contributed by atoms with Gasteiger partial charge in [-0.2, -0.15) is 0 Å². The Morgan fingerprint density at radius 1 is 1.12 bits per heavy atom. The summed E-state index contributed by atoms with van der Waals surface area (Å²) in [6.07, 6.45) is -0.0468. The molecule has 3 rings (SSSR count). The lowest BCUT2D eigenvalue weighted by Gasteiger charge is -2.15. The molecule has 3 aromatic rings. The van der Waals surface area contributed by atoms with Crippen LogP contribution in [0.25, 0.3) is 11.3 Å². The number of nitrogens with one attached hydrogen (secondary N) is 2. The van der Waals surface area contributed by atoms with Crippen molar-refractivity contribution in [3.8, 4) is 11.3 Å². The standard InChI is InChI=1S/C20H22N5O4S2Si/c1-25(2)31(28,29)16-10-6-9-15(11-16)18(26)24-32(13-21)20(27)23-19-22-17(12-30-19)14-7-4-3-5-8-14/h3-12H,13,21H2,1-2H3,(H,24,26)(H,22,23,27). The van der Waals surface area contributed by atoms with E-state index in [0.29, 0.717) is 5.13 Å². The van der Waals surface area contributed by atoms with E-state index < -0.39 is 30.4 Å². The summed E-state index contributed by atoms with van der Waals surface area (Å²) in [4.78, 5) is 32.4. The molecule has 1 aromatic heterocycles. The summed E-state index contributed by atoms with van der Waals surface area (Å²) in [6, 6.07) is 15.2. The molecule has 0 aliphatic carbocycles. The third-order valence-corrected chi connectivity index (χ3v) is 8.59. The minimum absolute atomic E-state index is 0.0163. The van der Waals surface area contributed by atoms with Crippen LogP contribution in [-0.4, -0.2) is 58.4 Å². The van der Waals surface area contributed by atoms with Gasteiger partial charge in [-0.1, -0.05) is 36.4 Å². The van der Waals surface area contributed by atoms with Gasteiger partial charge in [-0.05, 0) is 18.2 Å². The van der Waals surface area contributed by atoms with Crippen molar-refractivity contribution < 1.29 is 18.0 Å². The Balaban J connectivity index is 1.69. The van der Waals surface area contributed by atoms with Crippen LogP contribution in [0.15, 0.2) is 64.9 Å². The molecule has 0 unspecified atom stereocenters. The zero-order chi connectivity index (χ0) is 23.3. The van der Waals surface area contributed by atoms with Gasteiger partial charge in [-0.25, -0.2) is 17.7 Å².